The Bertz CT molecular complexity index is 772. The maximum absolute atomic E-state index is 13.2. The Morgan fingerprint density at radius 3 is 2.56 bits per heavy atom. The number of halogens is 1. The van der Waals surface area contributed by atoms with Crippen LogP contribution in [-0.4, -0.2) is 47.8 Å². The van der Waals surface area contributed by atoms with Crippen LogP contribution in [-0.2, 0) is 11.2 Å². The van der Waals surface area contributed by atoms with Crippen molar-refractivity contribution >= 4 is 11.8 Å². The van der Waals surface area contributed by atoms with Gasteiger partial charge >= 0.3 is 0 Å². The number of aryl methyl sites for hydroxylation is 1. The van der Waals surface area contributed by atoms with E-state index in [1.54, 1.807) is 41.0 Å². The van der Waals surface area contributed by atoms with Crippen LogP contribution in [0.15, 0.2) is 40.8 Å². The molecule has 0 bridgehead atoms. The monoisotopic (exact) mass is 344 g/mol. The lowest BCUT2D eigenvalue weighted by atomic mass is 10.1. The maximum Gasteiger partial charge on any atom is 0.289 e. The van der Waals surface area contributed by atoms with E-state index in [4.69, 9.17) is 4.42 Å². The van der Waals surface area contributed by atoms with E-state index in [1.165, 1.54) is 12.1 Å². The summed E-state index contributed by atoms with van der Waals surface area (Å²) in [6, 6.07) is 9.53. The van der Waals surface area contributed by atoms with Crippen LogP contribution in [0.2, 0.25) is 0 Å². The predicted octanol–water partition coefficient (Wildman–Crippen LogP) is 2.64. The molecule has 0 spiro atoms. The first-order valence-corrected chi connectivity index (χ1v) is 8.41. The molecule has 2 heterocycles. The van der Waals surface area contributed by atoms with E-state index in [0.29, 0.717) is 49.7 Å². The summed E-state index contributed by atoms with van der Waals surface area (Å²) >= 11 is 0. The molecule has 1 aliphatic heterocycles. The van der Waals surface area contributed by atoms with Gasteiger partial charge in [-0.05, 0) is 43.2 Å². The van der Waals surface area contributed by atoms with Gasteiger partial charge in [-0.2, -0.15) is 0 Å². The van der Waals surface area contributed by atoms with E-state index >= 15 is 0 Å². The van der Waals surface area contributed by atoms with Gasteiger partial charge < -0.3 is 14.2 Å². The lowest BCUT2D eigenvalue weighted by molar-refractivity contribution is -0.130. The summed E-state index contributed by atoms with van der Waals surface area (Å²) in [6.07, 6.45) is 0.878. The quantitative estimate of drug-likeness (QED) is 0.860. The standard InChI is InChI=1S/C19H21FN2O3/c1-14-6-7-17(25-14)19(24)22-9-3-8-21(10-11-22)18(23)13-15-4-2-5-16(20)12-15/h2,4-7,12H,3,8-11,13H2,1H3. The fourth-order valence-corrected chi connectivity index (χ4v) is 3.01. The molecule has 0 aliphatic carbocycles. The average molecular weight is 344 g/mol. The number of nitrogens with zero attached hydrogens (tertiary/aromatic N) is 2. The van der Waals surface area contributed by atoms with Gasteiger partial charge in [0.25, 0.3) is 5.91 Å². The van der Waals surface area contributed by atoms with Gasteiger partial charge in [-0.25, -0.2) is 4.39 Å². The van der Waals surface area contributed by atoms with Gasteiger partial charge in [0.05, 0.1) is 6.42 Å². The summed E-state index contributed by atoms with van der Waals surface area (Å²) in [5.41, 5.74) is 0.660. The second kappa shape index (κ2) is 7.51. The predicted molar refractivity (Wildman–Crippen MR) is 90.6 cm³/mol. The Morgan fingerprint density at radius 2 is 1.84 bits per heavy atom. The molecule has 132 valence electrons. The van der Waals surface area contributed by atoms with Crippen molar-refractivity contribution < 1.29 is 18.4 Å². The van der Waals surface area contributed by atoms with Gasteiger partial charge in [-0.3, -0.25) is 9.59 Å². The van der Waals surface area contributed by atoms with E-state index in [-0.39, 0.29) is 24.1 Å². The summed E-state index contributed by atoms with van der Waals surface area (Å²) in [7, 11) is 0. The molecule has 1 aromatic heterocycles. The van der Waals surface area contributed by atoms with Crippen LogP contribution in [0.3, 0.4) is 0 Å². The highest BCUT2D eigenvalue weighted by atomic mass is 19.1. The van der Waals surface area contributed by atoms with Gasteiger partial charge in [0.2, 0.25) is 5.91 Å². The number of rotatable bonds is 3. The van der Waals surface area contributed by atoms with Crippen LogP contribution in [0.1, 0.15) is 28.3 Å². The van der Waals surface area contributed by atoms with Crippen LogP contribution in [0, 0.1) is 12.7 Å². The van der Waals surface area contributed by atoms with E-state index in [1.807, 2.05) is 0 Å². The first-order valence-electron chi connectivity index (χ1n) is 8.41. The molecule has 1 aliphatic rings. The van der Waals surface area contributed by atoms with E-state index in [2.05, 4.69) is 0 Å². The van der Waals surface area contributed by atoms with E-state index in [0.717, 1.165) is 0 Å². The summed E-state index contributed by atoms with van der Waals surface area (Å²) in [5.74, 6) is 0.495. The number of carbonyl (C=O) groups is 2. The van der Waals surface area contributed by atoms with Crippen molar-refractivity contribution in [3.63, 3.8) is 0 Å². The van der Waals surface area contributed by atoms with E-state index in [9.17, 15) is 14.0 Å². The van der Waals surface area contributed by atoms with Gasteiger partial charge in [-0.1, -0.05) is 12.1 Å². The van der Waals surface area contributed by atoms with Crippen LogP contribution < -0.4 is 0 Å². The first kappa shape index (κ1) is 17.2. The molecule has 0 unspecified atom stereocenters. The zero-order chi connectivity index (χ0) is 17.8. The Morgan fingerprint density at radius 1 is 1.08 bits per heavy atom. The lowest BCUT2D eigenvalue weighted by Crippen LogP contribution is -2.37. The smallest absolute Gasteiger partial charge is 0.289 e. The Hall–Kier alpha value is -2.63. The third-order valence-corrected chi connectivity index (χ3v) is 4.33. The largest absolute Gasteiger partial charge is 0.456 e. The SMILES string of the molecule is Cc1ccc(C(=O)N2CCCN(C(=O)Cc3cccc(F)c3)CC2)o1. The Balaban J connectivity index is 1.59. The first-order chi connectivity index (χ1) is 12.0. The normalized spacial score (nSPS) is 15.1. The van der Waals surface area contributed by atoms with Crippen molar-refractivity contribution in [2.24, 2.45) is 0 Å². The van der Waals surface area contributed by atoms with Gasteiger partial charge in [0.15, 0.2) is 5.76 Å². The Kier molecular flexibility index (Phi) is 5.16. The molecule has 0 radical (unpaired) electrons. The molecule has 3 rings (SSSR count). The highest BCUT2D eigenvalue weighted by molar-refractivity contribution is 5.91. The zero-order valence-electron chi connectivity index (χ0n) is 14.2. The minimum Gasteiger partial charge on any atom is -0.456 e. The minimum absolute atomic E-state index is 0.0475. The van der Waals surface area contributed by atoms with E-state index < -0.39 is 0 Å². The molecule has 25 heavy (non-hydrogen) atoms. The number of hydrogen-bond acceptors (Lipinski definition) is 3. The molecule has 5 nitrogen and oxygen atoms in total. The molecule has 0 saturated carbocycles. The van der Waals surface area contributed by atoms with Crippen LogP contribution in [0.25, 0.3) is 0 Å². The zero-order valence-corrected chi connectivity index (χ0v) is 14.2. The fourth-order valence-electron chi connectivity index (χ4n) is 3.01. The highest BCUT2D eigenvalue weighted by Gasteiger charge is 2.24. The van der Waals surface area contributed by atoms with Crippen LogP contribution in [0.5, 0.6) is 0 Å². The molecular formula is C19H21FN2O3. The van der Waals surface area contributed by atoms with Gasteiger partial charge in [0.1, 0.15) is 11.6 Å². The molecule has 1 saturated heterocycles. The molecule has 2 aromatic rings. The number of furan rings is 1. The second-order valence-electron chi connectivity index (χ2n) is 6.24. The summed E-state index contributed by atoms with van der Waals surface area (Å²) in [6.45, 7) is 3.91. The molecular weight excluding hydrogens is 323 g/mol. The average Bonchev–Trinajstić information content (AvgIpc) is 2.87. The molecule has 1 aromatic carbocycles. The second-order valence-corrected chi connectivity index (χ2v) is 6.24. The topological polar surface area (TPSA) is 53.8 Å². The van der Waals surface area contributed by atoms with Crippen molar-refractivity contribution in [1.82, 2.24) is 9.80 Å². The third kappa shape index (κ3) is 4.26. The maximum atomic E-state index is 13.2. The number of hydrogen-bond donors (Lipinski definition) is 0. The number of benzene rings is 1. The molecule has 6 heteroatoms. The molecule has 2 amide bonds. The van der Waals surface area contributed by atoms with Crippen molar-refractivity contribution in [1.29, 1.82) is 0 Å². The van der Waals surface area contributed by atoms with Crippen LogP contribution >= 0.6 is 0 Å². The fraction of sp³-hybridized carbons (Fsp3) is 0.368. The Labute approximate surface area is 146 Å². The summed E-state index contributed by atoms with van der Waals surface area (Å²) in [4.78, 5) is 28.4. The van der Waals surface area contributed by atoms with Crippen molar-refractivity contribution in [2.75, 3.05) is 26.2 Å². The van der Waals surface area contributed by atoms with Crippen molar-refractivity contribution in [2.45, 2.75) is 19.8 Å². The highest BCUT2D eigenvalue weighted by Crippen LogP contribution is 2.13. The summed E-state index contributed by atoms with van der Waals surface area (Å²) < 4.78 is 18.6. The third-order valence-electron chi connectivity index (χ3n) is 4.33. The molecule has 0 atom stereocenters. The van der Waals surface area contributed by atoms with Crippen molar-refractivity contribution in [3.05, 3.63) is 59.3 Å². The van der Waals surface area contributed by atoms with Crippen molar-refractivity contribution in [3.8, 4) is 0 Å². The number of amides is 2. The minimum atomic E-state index is -0.341. The van der Waals surface area contributed by atoms with Gasteiger partial charge in [0, 0.05) is 26.2 Å². The lowest BCUT2D eigenvalue weighted by Gasteiger charge is -2.21. The molecule has 0 N–H and O–H groups in total. The van der Waals surface area contributed by atoms with Crippen LogP contribution in [0.4, 0.5) is 4.39 Å². The number of carbonyl (C=O) groups excluding carboxylic acids is 2. The summed E-state index contributed by atoms with van der Waals surface area (Å²) in [5, 5.41) is 0. The molecule has 1 fully saturated rings. The van der Waals surface area contributed by atoms with Gasteiger partial charge in [-0.15, -0.1) is 0 Å².